The van der Waals surface area contributed by atoms with Crippen molar-refractivity contribution in [2.45, 2.75) is 25.2 Å². The Kier molecular flexibility index (Phi) is 6.50. The standard InChI is InChI=1S/C13H20FNS/c1-3-11(2)10-15-8-9-16-13-6-4-12(14)5-7-13/h4-7,11,15H,3,8-10H2,1-2H3. The van der Waals surface area contributed by atoms with Gasteiger partial charge in [0.25, 0.3) is 0 Å². The van der Waals surface area contributed by atoms with Gasteiger partial charge in [0.05, 0.1) is 0 Å². The fourth-order valence-electron chi connectivity index (χ4n) is 1.26. The molecule has 3 heteroatoms. The van der Waals surface area contributed by atoms with Gasteiger partial charge in [-0.15, -0.1) is 11.8 Å². The molecular weight excluding hydrogens is 221 g/mol. The number of thioether (sulfide) groups is 1. The van der Waals surface area contributed by atoms with Crippen molar-refractivity contribution in [3.05, 3.63) is 30.1 Å². The molecule has 90 valence electrons. The number of nitrogens with one attached hydrogen (secondary N) is 1. The van der Waals surface area contributed by atoms with E-state index in [0.717, 1.165) is 29.7 Å². The maximum absolute atomic E-state index is 12.6. The zero-order valence-electron chi connectivity index (χ0n) is 10.0. The highest BCUT2D eigenvalue weighted by Crippen LogP contribution is 2.17. The molecule has 1 aromatic rings. The van der Waals surface area contributed by atoms with Crippen LogP contribution in [0.1, 0.15) is 20.3 Å². The SMILES string of the molecule is CCC(C)CNCCSc1ccc(F)cc1. The Labute approximate surface area is 102 Å². The van der Waals surface area contributed by atoms with Crippen LogP contribution in [0.4, 0.5) is 4.39 Å². The molecule has 0 radical (unpaired) electrons. The molecule has 0 bridgehead atoms. The van der Waals surface area contributed by atoms with Gasteiger partial charge in [0.15, 0.2) is 0 Å². The van der Waals surface area contributed by atoms with Gasteiger partial charge in [0.1, 0.15) is 5.82 Å². The Hall–Kier alpha value is -0.540. The molecule has 0 saturated heterocycles. The summed E-state index contributed by atoms with van der Waals surface area (Å²) in [6, 6.07) is 6.67. The second kappa shape index (κ2) is 7.69. The Bertz CT molecular complexity index is 286. The van der Waals surface area contributed by atoms with Crippen molar-refractivity contribution < 1.29 is 4.39 Å². The number of rotatable bonds is 7. The van der Waals surface area contributed by atoms with Crippen LogP contribution >= 0.6 is 11.8 Å². The highest BCUT2D eigenvalue weighted by molar-refractivity contribution is 7.99. The predicted octanol–water partition coefficient (Wildman–Crippen LogP) is 3.55. The molecule has 1 unspecified atom stereocenters. The summed E-state index contributed by atoms with van der Waals surface area (Å²) in [5.41, 5.74) is 0. The van der Waals surface area contributed by atoms with Crippen LogP contribution < -0.4 is 5.32 Å². The summed E-state index contributed by atoms with van der Waals surface area (Å²) in [5.74, 6) is 1.61. The lowest BCUT2D eigenvalue weighted by molar-refractivity contribution is 0.511. The Morgan fingerprint density at radius 1 is 1.31 bits per heavy atom. The summed E-state index contributed by atoms with van der Waals surface area (Å²) >= 11 is 1.76. The van der Waals surface area contributed by atoms with Crippen molar-refractivity contribution >= 4 is 11.8 Å². The van der Waals surface area contributed by atoms with Crippen molar-refractivity contribution in [3.8, 4) is 0 Å². The maximum atomic E-state index is 12.6. The normalized spacial score (nSPS) is 12.7. The molecule has 1 nitrogen and oxygen atoms in total. The van der Waals surface area contributed by atoms with Crippen LogP contribution in [0.25, 0.3) is 0 Å². The number of hydrogen-bond donors (Lipinski definition) is 1. The van der Waals surface area contributed by atoms with Gasteiger partial charge in [-0.1, -0.05) is 20.3 Å². The summed E-state index contributed by atoms with van der Waals surface area (Å²) in [6.07, 6.45) is 1.22. The molecule has 0 aliphatic heterocycles. The van der Waals surface area contributed by atoms with E-state index in [1.54, 1.807) is 11.8 Å². The molecule has 16 heavy (non-hydrogen) atoms. The van der Waals surface area contributed by atoms with E-state index in [0.29, 0.717) is 0 Å². The zero-order chi connectivity index (χ0) is 11.8. The first-order chi connectivity index (χ1) is 7.72. The quantitative estimate of drug-likeness (QED) is 0.579. The van der Waals surface area contributed by atoms with E-state index < -0.39 is 0 Å². The van der Waals surface area contributed by atoms with Gasteiger partial charge in [-0.3, -0.25) is 0 Å². The maximum Gasteiger partial charge on any atom is 0.123 e. The van der Waals surface area contributed by atoms with Gasteiger partial charge in [0.2, 0.25) is 0 Å². The van der Waals surface area contributed by atoms with Gasteiger partial charge in [-0.2, -0.15) is 0 Å². The molecule has 1 rings (SSSR count). The molecule has 1 atom stereocenters. The zero-order valence-corrected chi connectivity index (χ0v) is 10.8. The predicted molar refractivity (Wildman–Crippen MR) is 69.4 cm³/mol. The number of hydrogen-bond acceptors (Lipinski definition) is 2. The summed E-state index contributed by atoms with van der Waals surface area (Å²) in [4.78, 5) is 1.13. The van der Waals surface area contributed by atoms with Crippen LogP contribution in [0.2, 0.25) is 0 Å². The number of halogens is 1. The van der Waals surface area contributed by atoms with Crippen molar-refractivity contribution in [3.63, 3.8) is 0 Å². The van der Waals surface area contributed by atoms with Crippen molar-refractivity contribution in [2.24, 2.45) is 5.92 Å². The largest absolute Gasteiger partial charge is 0.316 e. The minimum atomic E-state index is -0.167. The third kappa shape index (κ3) is 5.52. The molecule has 0 aliphatic rings. The van der Waals surface area contributed by atoms with Crippen molar-refractivity contribution in [2.75, 3.05) is 18.8 Å². The van der Waals surface area contributed by atoms with E-state index in [9.17, 15) is 4.39 Å². The molecule has 0 spiro atoms. The monoisotopic (exact) mass is 241 g/mol. The van der Waals surface area contributed by atoms with E-state index in [4.69, 9.17) is 0 Å². The molecule has 0 saturated carbocycles. The minimum Gasteiger partial charge on any atom is -0.316 e. The third-order valence-electron chi connectivity index (χ3n) is 2.55. The first-order valence-electron chi connectivity index (χ1n) is 5.81. The Balaban J connectivity index is 2.09. The van der Waals surface area contributed by atoms with Gasteiger partial charge in [-0.25, -0.2) is 4.39 Å². The lowest BCUT2D eigenvalue weighted by atomic mass is 10.1. The molecular formula is C13H20FNS. The highest BCUT2D eigenvalue weighted by atomic mass is 32.2. The van der Waals surface area contributed by atoms with E-state index in [2.05, 4.69) is 19.2 Å². The van der Waals surface area contributed by atoms with E-state index >= 15 is 0 Å². The van der Waals surface area contributed by atoms with Gasteiger partial charge in [-0.05, 0) is 36.7 Å². The van der Waals surface area contributed by atoms with E-state index in [1.807, 2.05) is 12.1 Å². The van der Waals surface area contributed by atoms with Gasteiger partial charge < -0.3 is 5.32 Å². The Morgan fingerprint density at radius 3 is 2.62 bits per heavy atom. The van der Waals surface area contributed by atoms with Crippen molar-refractivity contribution in [1.82, 2.24) is 5.32 Å². The second-order valence-electron chi connectivity index (χ2n) is 4.02. The van der Waals surface area contributed by atoms with Gasteiger partial charge in [0, 0.05) is 17.2 Å². The van der Waals surface area contributed by atoms with Crippen LogP contribution in [0, 0.1) is 11.7 Å². The molecule has 1 aromatic carbocycles. The van der Waals surface area contributed by atoms with Crippen LogP contribution in [-0.2, 0) is 0 Å². The summed E-state index contributed by atoms with van der Waals surface area (Å²) in [5, 5.41) is 3.42. The first kappa shape index (κ1) is 13.5. The van der Waals surface area contributed by atoms with Crippen molar-refractivity contribution in [1.29, 1.82) is 0 Å². The van der Waals surface area contributed by atoms with Crippen LogP contribution in [0.3, 0.4) is 0 Å². The fraction of sp³-hybridized carbons (Fsp3) is 0.538. The molecule has 0 aliphatic carbocycles. The van der Waals surface area contributed by atoms with Crippen LogP contribution in [0.15, 0.2) is 29.2 Å². The summed E-state index contributed by atoms with van der Waals surface area (Å²) < 4.78 is 12.6. The van der Waals surface area contributed by atoms with E-state index in [-0.39, 0.29) is 5.82 Å². The third-order valence-corrected chi connectivity index (χ3v) is 3.56. The van der Waals surface area contributed by atoms with Gasteiger partial charge >= 0.3 is 0 Å². The molecule has 0 aromatic heterocycles. The van der Waals surface area contributed by atoms with Crippen LogP contribution in [-0.4, -0.2) is 18.8 Å². The first-order valence-corrected chi connectivity index (χ1v) is 6.80. The van der Waals surface area contributed by atoms with Crippen LogP contribution in [0.5, 0.6) is 0 Å². The molecule has 1 N–H and O–H groups in total. The highest BCUT2D eigenvalue weighted by Gasteiger charge is 1.98. The number of benzene rings is 1. The Morgan fingerprint density at radius 2 is 2.00 bits per heavy atom. The second-order valence-corrected chi connectivity index (χ2v) is 5.19. The molecule has 0 fully saturated rings. The fourth-order valence-corrected chi connectivity index (χ4v) is 2.08. The molecule has 0 heterocycles. The molecule has 0 amide bonds. The summed E-state index contributed by atoms with van der Waals surface area (Å²) in [6.45, 7) is 6.55. The topological polar surface area (TPSA) is 12.0 Å². The lowest BCUT2D eigenvalue weighted by Crippen LogP contribution is -2.23. The van der Waals surface area contributed by atoms with E-state index in [1.165, 1.54) is 18.6 Å². The lowest BCUT2D eigenvalue weighted by Gasteiger charge is -2.09. The average Bonchev–Trinajstić information content (AvgIpc) is 2.31. The summed E-state index contributed by atoms with van der Waals surface area (Å²) in [7, 11) is 0. The average molecular weight is 241 g/mol. The smallest absolute Gasteiger partial charge is 0.123 e. The minimum absolute atomic E-state index is 0.167.